The minimum Gasteiger partial charge on any atom is -0.310 e. The minimum atomic E-state index is 0.241. The zero-order chi connectivity index (χ0) is 14.4. The van der Waals surface area contributed by atoms with Gasteiger partial charge in [0.2, 0.25) is 0 Å². The van der Waals surface area contributed by atoms with E-state index < -0.39 is 0 Å². The monoisotopic (exact) mass is 352 g/mol. The Hall–Kier alpha value is -0.900. The number of pyridine rings is 1. The standard InChI is InChI=1S/C16H18BrClN2/c1-2-8-20-16(13-5-3-4-6-14(13)17)10-12-7-9-19-11-15(12)18/h3-7,9,11,16,20H,2,8,10H2,1H3. The second-order valence-electron chi connectivity index (χ2n) is 4.70. The SMILES string of the molecule is CCCNC(Cc1ccncc1Cl)c1ccccc1Br. The predicted molar refractivity (Wildman–Crippen MR) is 88.1 cm³/mol. The molecule has 0 aliphatic carbocycles. The lowest BCUT2D eigenvalue weighted by atomic mass is 9.99. The highest BCUT2D eigenvalue weighted by Crippen LogP contribution is 2.28. The van der Waals surface area contributed by atoms with Crippen LogP contribution in [0.3, 0.4) is 0 Å². The molecule has 20 heavy (non-hydrogen) atoms. The normalized spacial score (nSPS) is 12.3. The molecule has 0 bridgehead atoms. The molecule has 2 rings (SSSR count). The maximum Gasteiger partial charge on any atom is 0.0622 e. The van der Waals surface area contributed by atoms with Crippen molar-refractivity contribution in [2.45, 2.75) is 25.8 Å². The van der Waals surface area contributed by atoms with Gasteiger partial charge < -0.3 is 5.32 Å². The number of benzene rings is 1. The highest BCUT2D eigenvalue weighted by atomic mass is 79.9. The topological polar surface area (TPSA) is 24.9 Å². The van der Waals surface area contributed by atoms with E-state index in [-0.39, 0.29) is 6.04 Å². The molecule has 1 heterocycles. The molecule has 0 spiro atoms. The third kappa shape index (κ3) is 4.05. The van der Waals surface area contributed by atoms with Crippen molar-refractivity contribution in [2.24, 2.45) is 0 Å². The molecular formula is C16H18BrClN2. The molecular weight excluding hydrogens is 336 g/mol. The second-order valence-corrected chi connectivity index (χ2v) is 5.96. The molecule has 1 aromatic heterocycles. The van der Waals surface area contributed by atoms with E-state index in [0.29, 0.717) is 0 Å². The van der Waals surface area contributed by atoms with E-state index in [9.17, 15) is 0 Å². The van der Waals surface area contributed by atoms with Crippen LogP contribution in [0, 0.1) is 0 Å². The fourth-order valence-electron chi connectivity index (χ4n) is 2.16. The maximum atomic E-state index is 6.23. The summed E-state index contributed by atoms with van der Waals surface area (Å²) in [6.07, 6.45) is 5.45. The summed E-state index contributed by atoms with van der Waals surface area (Å²) in [4.78, 5) is 4.04. The summed E-state index contributed by atoms with van der Waals surface area (Å²) < 4.78 is 1.12. The molecule has 1 aromatic carbocycles. The van der Waals surface area contributed by atoms with Crippen molar-refractivity contribution in [1.29, 1.82) is 0 Å². The molecule has 106 valence electrons. The number of aromatic nitrogens is 1. The summed E-state index contributed by atoms with van der Waals surface area (Å²) in [5.74, 6) is 0. The van der Waals surface area contributed by atoms with Gasteiger partial charge >= 0.3 is 0 Å². The van der Waals surface area contributed by atoms with Gasteiger partial charge in [0.25, 0.3) is 0 Å². The quantitative estimate of drug-likeness (QED) is 0.808. The molecule has 4 heteroatoms. The van der Waals surface area contributed by atoms with Crippen LogP contribution in [0.4, 0.5) is 0 Å². The number of halogens is 2. The van der Waals surface area contributed by atoms with Crippen LogP contribution in [0.2, 0.25) is 5.02 Å². The molecule has 0 aliphatic heterocycles. The summed E-state index contributed by atoms with van der Waals surface area (Å²) >= 11 is 9.86. The van der Waals surface area contributed by atoms with Gasteiger partial charge in [0.1, 0.15) is 0 Å². The minimum absolute atomic E-state index is 0.241. The number of rotatable bonds is 6. The third-order valence-electron chi connectivity index (χ3n) is 3.20. The zero-order valence-corrected chi connectivity index (χ0v) is 13.8. The summed E-state index contributed by atoms with van der Waals surface area (Å²) in [6.45, 7) is 3.15. The van der Waals surface area contributed by atoms with Gasteiger partial charge in [0, 0.05) is 22.9 Å². The third-order valence-corrected chi connectivity index (χ3v) is 4.26. The first kappa shape index (κ1) is 15.5. The van der Waals surface area contributed by atoms with Gasteiger partial charge in [-0.2, -0.15) is 0 Å². The van der Waals surface area contributed by atoms with Crippen molar-refractivity contribution in [3.8, 4) is 0 Å². The molecule has 0 saturated carbocycles. The molecule has 0 radical (unpaired) electrons. The van der Waals surface area contributed by atoms with E-state index in [4.69, 9.17) is 11.6 Å². The first-order valence-corrected chi connectivity index (χ1v) is 7.95. The van der Waals surface area contributed by atoms with Crippen LogP contribution in [-0.2, 0) is 6.42 Å². The number of hydrogen-bond acceptors (Lipinski definition) is 2. The number of nitrogens with zero attached hydrogens (tertiary/aromatic N) is 1. The van der Waals surface area contributed by atoms with Crippen LogP contribution < -0.4 is 5.32 Å². The predicted octanol–water partition coefficient (Wildman–Crippen LogP) is 4.78. The van der Waals surface area contributed by atoms with Crippen LogP contribution >= 0.6 is 27.5 Å². The second kappa shape index (κ2) is 7.77. The van der Waals surface area contributed by atoms with Gasteiger partial charge in [-0.1, -0.05) is 52.7 Å². The smallest absolute Gasteiger partial charge is 0.0622 e. The van der Waals surface area contributed by atoms with Gasteiger partial charge in [-0.25, -0.2) is 0 Å². The lowest BCUT2D eigenvalue weighted by Crippen LogP contribution is -2.24. The van der Waals surface area contributed by atoms with Crippen molar-refractivity contribution in [1.82, 2.24) is 10.3 Å². The summed E-state index contributed by atoms with van der Waals surface area (Å²) in [6, 6.07) is 10.5. The van der Waals surface area contributed by atoms with Crippen LogP contribution in [0.1, 0.15) is 30.5 Å². The van der Waals surface area contributed by atoms with E-state index in [1.807, 2.05) is 12.1 Å². The summed E-state index contributed by atoms with van der Waals surface area (Å²) in [5, 5.41) is 4.32. The van der Waals surface area contributed by atoms with Crippen LogP contribution in [0.25, 0.3) is 0 Å². The first-order valence-electron chi connectivity index (χ1n) is 6.78. The highest BCUT2D eigenvalue weighted by molar-refractivity contribution is 9.10. The molecule has 1 N–H and O–H groups in total. The van der Waals surface area contributed by atoms with Crippen molar-refractivity contribution in [3.05, 3.63) is 63.3 Å². The van der Waals surface area contributed by atoms with Crippen molar-refractivity contribution >= 4 is 27.5 Å². The Morgan fingerprint density at radius 3 is 2.80 bits per heavy atom. The fourth-order valence-corrected chi connectivity index (χ4v) is 2.92. The van der Waals surface area contributed by atoms with Crippen LogP contribution in [-0.4, -0.2) is 11.5 Å². The van der Waals surface area contributed by atoms with Crippen LogP contribution in [0.5, 0.6) is 0 Å². The zero-order valence-electron chi connectivity index (χ0n) is 11.4. The van der Waals surface area contributed by atoms with Gasteiger partial charge in [-0.15, -0.1) is 0 Å². The van der Waals surface area contributed by atoms with E-state index >= 15 is 0 Å². The lowest BCUT2D eigenvalue weighted by molar-refractivity contribution is 0.527. The van der Waals surface area contributed by atoms with Crippen LogP contribution in [0.15, 0.2) is 47.2 Å². The van der Waals surface area contributed by atoms with Gasteiger partial charge in [-0.05, 0) is 42.6 Å². The van der Waals surface area contributed by atoms with E-state index in [1.165, 1.54) is 5.56 Å². The van der Waals surface area contributed by atoms with Crippen molar-refractivity contribution in [3.63, 3.8) is 0 Å². The molecule has 0 saturated heterocycles. The van der Waals surface area contributed by atoms with E-state index in [1.54, 1.807) is 12.4 Å². The number of nitrogens with one attached hydrogen (secondary N) is 1. The van der Waals surface area contributed by atoms with Gasteiger partial charge in [0.15, 0.2) is 0 Å². The molecule has 2 aromatic rings. The molecule has 2 nitrogen and oxygen atoms in total. The highest BCUT2D eigenvalue weighted by Gasteiger charge is 2.15. The molecule has 1 atom stereocenters. The average molecular weight is 354 g/mol. The van der Waals surface area contributed by atoms with E-state index in [0.717, 1.165) is 34.4 Å². The number of hydrogen-bond donors (Lipinski definition) is 1. The summed E-state index contributed by atoms with van der Waals surface area (Å²) in [5.41, 5.74) is 2.37. The Labute approximate surface area is 133 Å². The van der Waals surface area contributed by atoms with E-state index in [2.05, 4.69) is 51.4 Å². The Morgan fingerprint density at radius 1 is 1.30 bits per heavy atom. The Balaban J connectivity index is 2.24. The first-order chi connectivity index (χ1) is 9.72. The summed E-state index contributed by atoms with van der Waals surface area (Å²) in [7, 11) is 0. The Kier molecular flexibility index (Phi) is 6.02. The largest absolute Gasteiger partial charge is 0.310 e. The average Bonchev–Trinajstić information content (AvgIpc) is 2.46. The maximum absolute atomic E-state index is 6.23. The fraction of sp³-hybridized carbons (Fsp3) is 0.312. The van der Waals surface area contributed by atoms with Crippen molar-refractivity contribution in [2.75, 3.05) is 6.54 Å². The Morgan fingerprint density at radius 2 is 2.10 bits per heavy atom. The Bertz CT molecular complexity index is 560. The molecule has 0 amide bonds. The van der Waals surface area contributed by atoms with Crippen molar-refractivity contribution < 1.29 is 0 Å². The molecule has 0 fully saturated rings. The van der Waals surface area contributed by atoms with Gasteiger partial charge in [-0.3, -0.25) is 4.98 Å². The lowest BCUT2D eigenvalue weighted by Gasteiger charge is -2.21. The molecule has 1 unspecified atom stereocenters. The molecule has 0 aliphatic rings. The van der Waals surface area contributed by atoms with Gasteiger partial charge in [0.05, 0.1) is 5.02 Å².